The van der Waals surface area contributed by atoms with Crippen LogP contribution < -0.4 is 20.5 Å². The molecule has 2 aromatic carbocycles. The van der Waals surface area contributed by atoms with Gasteiger partial charge in [-0.05, 0) is 43.3 Å². The van der Waals surface area contributed by atoms with E-state index in [1.165, 1.54) is 7.11 Å². The lowest BCUT2D eigenvalue weighted by Gasteiger charge is -2.12. The summed E-state index contributed by atoms with van der Waals surface area (Å²) in [5.41, 5.74) is 7.17. The summed E-state index contributed by atoms with van der Waals surface area (Å²) in [6.45, 7) is 2.37. The Balaban J connectivity index is 2.22. The fourth-order valence-corrected chi connectivity index (χ4v) is 2.17. The molecule has 2 aromatic rings. The molecule has 0 saturated heterocycles. The molecule has 5 nitrogen and oxygen atoms in total. The second kappa shape index (κ2) is 7.04. The van der Waals surface area contributed by atoms with E-state index in [4.69, 9.17) is 26.8 Å². The molecule has 0 fully saturated rings. The summed E-state index contributed by atoms with van der Waals surface area (Å²) in [5.74, 6) is 0.760. The molecule has 0 aliphatic carbocycles. The monoisotopic (exact) mass is 320 g/mol. The number of amides is 1. The summed E-state index contributed by atoms with van der Waals surface area (Å²) < 4.78 is 10.5. The van der Waals surface area contributed by atoms with Gasteiger partial charge in [-0.1, -0.05) is 11.6 Å². The second-order valence-electron chi connectivity index (χ2n) is 4.49. The van der Waals surface area contributed by atoms with Crippen molar-refractivity contribution in [3.05, 3.63) is 47.0 Å². The van der Waals surface area contributed by atoms with Crippen LogP contribution in [0.1, 0.15) is 17.3 Å². The maximum absolute atomic E-state index is 12.3. The van der Waals surface area contributed by atoms with Crippen molar-refractivity contribution in [2.24, 2.45) is 0 Å². The summed E-state index contributed by atoms with van der Waals surface area (Å²) in [5, 5.41) is 3.14. The molecule has 3 N–H and O–H groups in total. The van der Waals surface area contributed by atoms with E-state index in [9.17, 15) is 4.79 Å². The van der Waals surface area contributed by atoms with Crippen LogP contribution in [0.4, 0.5) is 11.4 Å². The van der Waals surface area contributed by atoms with Crippen LogP contribution in [0.3, 0.4) is 0 Å². The highest BCUT2D eigenvalue weighted by Crippen LogP contribution is 2.29. The Morgan fingerprint density at radius 3 is 2.59 bits per heavy atom. The first kappa shape index (κ1) is 16.0. The molecule has 0 aromatic heterocycles. The van der Waals surface area contributed by atoms with E-state index >= 15 is 0 Å². The van der Waals surface area contributed by atoms with E-state index in [-0.39, 0.29) is 5.91 Å². The Kier molecular flexibility index (Phi) is 5.12. The van der Waals surface area contributed by atoms with Gasteiger partial charge in [-0.15, -0.1) is 0 Å². The van der Waals surface area contributed by atoms with Gasteiger partial charge in [0.05, 0.1) is 24.4 Å². The third-order valence-electron chi connectivity index (χ3n) is 2.97. The van der Waals surface area contributed by atoms with Gasteiger partial charge in [0.25, 0.3) is 5.91 Å². The molecule has 0 bridgehead atoms. The van der Waals surface area contributed by atoms with E-state index < -0.39 is 0 Å². The SMILES string of the molecule is CCOc1ccc(C(=O)Nc2cc(N)ccc2OC)cc1Cl. The third kappa shape index (κ3) is 3.62. The molecule has 6 heteroatoms. The minimum absolute atomic E-state index is 0.311. The van der Waals surface area contributed by atoms with E-state index in [1.54, 1.807) is 36.4 Å². The fraction of sp³-hybridized carbons (Fsp3) is 0.188. The highest BCUT2D eigenvalue weighted by atomic mass is 35.5. The molecule has 0 saturated carbocycles. The average Bonchev–Trinajstić information content (AvgIpc) is 2.49. The molecule has 0 heterocycles. The molecule has 2 rings (SSSR count). The number of nitrogens with two attached hydrogens (primary N) is 1. The van der Waals surface area contributed by atoms with Crippen LogP contribution in [0.25, 0.3) is 0 Å². The largest absolute Gasteiger partial charge is 0.495 e. The number of benzene rings is 2. The van der Waals surface area contributed by atoms with Gasteiger partial charge in [-0.25, -0.2) is 0 Å². The lowest BCUT2D eigenvalue weighted by atomic mass is 10.2. The van der Waals surface area contributed by atoms with Crippen LogP contribution in [-0.2, 0) is 0 Å². The highest BCUT2D eigenvalue weighted by molar-refractivity contribution is 6.32. The van der Waals surface area contributed by atoms with Gasteiger partial charge in [-0.3, -0.25) is 4.79 Å². The molecule has 0 atom stereocenters. The zero-order chi connectivity index (χ0) is 16.1. The standard InChI is InChI=1S/C16H17ClN2O3/c1-3-22-14-6-4-10(8-12(14)17)16(20)19-13-9-11(18)5-7-15(13)21-2/h4-9H,3,18H2,1-2H3,(H,19,20). The number of methoxy groups -OCH3 is 1. The van der Waals surface area contributed by atoms with Crippen molar-refractivity contribution in [2.75, 3.05) is 24.8 Å². The first-order valence-corrected chi connectivity index (χ1v) is 7.10. The van der Waals surface area contributed by atoms with Crippen molar-refractivity contribution >= 4 is 28.9 Å². The predicted octanol–water partition coefficient (Wildman–Crippen LogP) is 3.58. The predicted molar refractivity (Wildman–Crippen MR) is 88.0 cm³/mol. The van der Waals surface area contributed by atoms with Gasteiger partial charge in [0.15, 0.2) is 0 Å². The van der Waals surface area contributed by atoms with Crippen LogP contribution in [0.2, 0.25) is 5.02 Å². The normalized spacial score (nSPS) is 10.1. The van der Waals surface area contributed by atoms with E-state index in [0.29, 0.717) is 40.1 Å². The highest BCUT2D eigenvalue weighted by Gasteiger charge is 2.12. The number of ether oxygens (including phenoxy) is 2. The van der Waals surface area contributed by atoms with Crippen LogP contribution in [0.15, 0.2) is 36.4 Å². The number of halogens is 1. The Morgan fingerprint density at radius 2 is 1.95 bits per heavy atom. The molecule has 0 unspecified atom stereocenters. The Labute approximate surface area is 134 Å². The first-order valence-electron chi connectivity index (χ1n) is 6.72. The van der Waals surface area contributed by atoms with Gasteiger partial charge in [0.2, 0.25) is 0 Å². The number of hydrogen-bond acceptors (Lipinski definition) is 4. The minimum atomic E-state index is -0.311. The number of anilines is 2. The topological polar surface area (TPSA) is 73.6 Å². The summed E-state index contributed by atoms with van der Waals surface area (Å²) in [7, 11) is 1.52. The van der Waals surface area contributed by atoms with Crippen molar-refractivity contribution in [3.8, 4) is 11.5 Å². The number of nitrogen functional groups attached to an aromatic ring is 1. The Morgan fingerprint density at radius 1 is 1.23 bits per heavy atom. The number of nitrogens with one attached hydrogen (secondary N) is 1. The van der Waals surface area contributed by atoms with Crippen molar-refractivity contribution < 1.29 is 14.3 Å². The quantitative estimate of drug-likeness (QED) is 0.826. The molecule has 0 spiro atoms. The lowest BCUT2D eigenvalue weighted by Crippen LogP contribution is -2.13. The maximum Gasteiger partial charge on any atom is 0.255 e. The molecule has 1 amide bonds. The zero-order valence-electron chi connectivity index (χ0n) is 12.4. The van der Waals surface area contributed by atoms with Gasteiger partial charge < -0.3 is 20.5 Å². The van der Waals surface area contributed by atoms with Crippen molar-refractivity contribution in [1.29, 1.82) is 0 Å². The average molecular weight is 321 g/mol. The van der Waals surface area contributed by atoms with E-state index in [0.717, 1.165) is 0 Å². The number of carbonyl (C=O) groups is 1. The smallest absolute Gasteiger partial charge is 0.255 e. The molecule has 0 aliphatic heterocycles. The Bertz CT molecular complexity index is 689. The molecule has 116 valence electrons. The number of rotatable bonds is 5. The van der Waals surface area contributed by atoms with Crippen LogP contribution in [0, 0.1) is 0 Å². The van der Waals surface area contributed by atoms with Gasteiger partial charge >= 0.3 is 0 Å². The maximum atomic E-state index is 12.3. The van der Waals surface area contributed by atoms with Crippen LogP contribution >= 0.6 is 11.6 Å². The van der Waals surface area contributed by atoms with Crippen molar-refractivity contribution in [1.82, 2.24) is 0 Å². The molecule has 22 heavy (non-hydrogen) atoms. The number of hydrogen-bond donors (Lipinski definition) is 2. The van der Waals surface area contributed by atoms with Gasteiger partial charge in [-0.2, -0.15) is 0 Å². The fourth-order valence-electron chi connectivity index (χ4n) is 1.93. The molecular formula is C16H17ClN2O3. The van der Waals surface area contributed by atoms with Crippen LogP contribution in [0.5, 0.6) is 11.5 Å². The van der Waals surface area contributed by atoms with Gasteiger partial charge in [0.1, 0.15) is 11.5 Å². The van der Waals surface area contributed by atoms with Crippen LogP contribution in [-0.4, -0.2) is 19.6 Å². The molecule has 0 radical (unpaired) electrons. The summed E-state index contributed by atoms with van der Waals surface area (Å²) in [6, 6.07) is 9.88. The zero-order valence-corrected chi connectivity index (χ0v) is 13.1. The van der Waals surface area contributed by atoms with E-state index in [2.05, 4.69) is 5.32 Å². The Hall–Kier alpha value is -2.40. The summed E-state index contributed by atoms with van der Waals surface area (Å²) >= 11 is 6.09. The lowest BCUT2D eigenvalue weighted by molar-refractivity contribution is 0.102. The minimum Gasteiger partial charge on any atom is -0.495 e. The van der Waals surface area contributed by atoms with Crippen molar-refractivity contribution in [3.63, 3.8) is 0 Å². The summed E-state index contributed by atoms with van der Waals surface area (Å²) in [4.78, 5) is 12.3. The molecular weight excluding hydrogens is 304 g/mol. The first-order chi connectivity index (χ1) is 10.5. The molecule has 0 aliphatic rings. The second-order valence-corrected chi connectivity index (χ2v) is 4.90. The van der Waals surface area contributed by atoms with E-state index in [1.807, 2.05) is 6.92 Å². The summed E-state index contributed by atoms with van der Waals surface area (Å²) in [6.07, 6.45) is 0. The third-order valence-corrected chi connectivity index (χ3v) is 3.26. The number of carbonyl (C=O) groups excluding carboxylic acids is 1. The van der Waals surface area contributed by atoms with Crippen molar-refractivity contribution in [2.45, 2.75) is 6.92 Å². The van der Waals surface area contributed by atoms with Gasteiger partial charge in [0, 0.05) is 11.3 Å².